The maximum absolute atomic E-state index is 9.77. The van der Waals surface area contributed by atoms with E-state index in [1.807, 2.05) is 25.1 Å². The van der Waals surface area contributed by atoms with E-state index in [0.717, 1.165) is 59.3 Å². The van der Waals surface area contributed by atoms with Gasteiger partial charge in [0.2, 0.25) is 0 Å². The minimum Gasteiger partial charge on any atom is -0.508 e. The first-order valence-corrected chi connectivity index (χ1v) is 10.3. The molecule has 0 unspecified atom stereocenters. The molecule has 0 aliphatic carbocycles. The van der Waals surface area contributed by atoms with E-state index in [-0.39, 0.29) is 0 Å². The van der Waals surface area contributed by atoms with Crippen molar-refractivity contribution in [2.24, 2.45) is 5.92 Å². The van der Waals surface area contributed by atoms with Crippen LogP contribution in [0.1, 0.15) is 24.0 Å². The molecule has 1 saturated heterocycles. The van der Waals surface area contributed by atoms with Crippen molar-refractivity contribution in [2.75, 3.05) is 25.0 Å². The Morgan fingerprint density at radius 1 is 0.966 bits per heavy atom. The number of aromatic hydroxyl groups is 1. The van der Waals surface area contributed by atoms with E-state index in [1.54, 1.807) is 12.4 Å². The number of rotatable bonds is 5. The Morgan fingerprint density at radius 3 is 2.52 bits per heavy atom. The van der Waals surface area contributed by atoms with Gasteiger partial charge in [-0.05, 0) is 93.2 Å². The third-order valence-electron chi connectivity index (χ3n) is 5.72. The molecule has 1 aromatic heterocycles. The lowest BCUT2D eigenvalue weighted by Crippen LogP contribution is -2.31. The summed E-state index contributed by atoms with van der Waals surface area (Å²) in [5.41, 5.74) is 7.02. The van der Waals surface area contributed by atoms with E-state index in [1.165, 1.54) is 18.4 Å². The molecular formula is C24H28N4O. The zero-order valence-electron chi connectivity index (χ0n) is 17.1. The van der Waals surface area contributed by atoms with Gasteiger partial charge in [-0.15, -0.1) is 0 Å². The normalized spacial score (nSPS) is 14.7. The number of nitrogens with zero attached hydrogens (tertiary/aromatic N) is 2. The monoisotopic (exact) mass is 388 g/mol. The van der Waals surface area contributed by atoms with Crippen LogP contribution in [0.4, 0.5) is 5.69 Å². The quantitative estimate of drug-likeness (QED) is 0.598. The van der Waals surface area contributed by atoms with Crippen molar-refractivity contribution in [3.05, 3.63) is 59.9 Å². The number of hydrogen-bond acceptors (Lipinski definition) is 5. The van der Waals surface area contributed by atoms with E-state index < -0.39 is 0 Å². The first-order chi connectivity index (χ1) is 14.1. The summed E-state index contributed by atoms with van der Waals surface area (Å²) < 4.78 is 0. The van der Waals surface area contributed by atoms with Crippen LogP contribution in [0.2, 0.25) is 0 Å². The fourth-order valence-corrected chi connectivity index (χ4v) is 3.89. The number of anilines is 1. The van der Waals surface area contributed by atoms with Gasteiger partial charge >= 0.3 is 0 Å². The van der Waals surface area contributed by atoms with Crippen LogP contribution in [0.15, 0.2) is 48.8 Å². The smallest absolute Gasteiger partial charge is 0.118 e. The molecule has 29 heavy (non-hydrogen) atoms. The molecule has 3 N–H and O–H groups in total. The Bertz CT molecular complexity index is 996. The van der Waals surface area contributed by atoms with Crippen LogP contribution < -0.4 is 10.6 Å². The van der Waals surface area contributed by atoms with Crippen molar-refractivity contribution in [1.82, 2.24) is 15.3 Å². The zero-order valence-corrected chi connectivity index (χ0v) is 17.1. The molecule has 0 saturated carbocycles. The van der Waals surface area contributed by atoms with E-state index in [0.29, 0.717) is 5.75 Å². The number of hydrogen-bond donors (Lipinski definition) is 3. The molecule has 1 aliphatic heterocycles. The molecule has 2 heterocycles. The summed E-state index contributed by atoms with van der Waals surface area (Å²) >= 11 is 0. The maximum Gasteiger partial charge on any atom is 0.118 e. The SMILES string of the molecule is Cc1cc(-c2cc(-c3ccc(NCC4CCNCC4)cc3C)ncn2)ccc1O. The van der Waals surface area contributed by atoms with Gasteiger partial charge in [0.25, 0.3) is 0 Å². The minimum absolute atomic E-state index is 0.298. The molecule has 0 spiro atoms. The number of nitrogens with one attached hydrogen (secondary N) is 2. The van der Waals surface area contributed by atoms with Gasteiger partial charge in [0.05, 0.1) is 11.4 Å². The first-order valence-electron chi connectivity index (χ1n) is 10.3. The lowest BCUT2D eigenvalue weighted by Gasteiger charge is -2.23. The van der Waals surface area contributed by atoms with Crippen LogP contribution in [0.25, 0.3) is 22.5 Å². The second-order valence-corrected chi connectivity index (χ2v) is 7.89. The molecule has 150 valence electrons. The molecule has 3 aromatic rings. The molecule has 0 radical (unpaired) electrons. The van der Waals surface area contributed by atoms with Crippen molar-refractivity contribution in [3.8, 4) is 28.3 Å². The molecule has 2 aromatic carbocycles. The molecule has 1 fully saturated rings. The minimum atomic E-state index is 0.298. The maximum atomic E-state index is 9.77. The Morgan fingerprint density at radius 2 is 1.76 bits per heavy atom. The van der Waals surface area contributed by atoms with Crippen LogP contribution in [-0.2, 0) is 0 Å². The van der Waals surface area contributed by atoms with Crippen molar-refractivity contribution in [1.29, 1.82) is 0 Å². The molecule has 4 rings (SSSR count). The Hall–Kier alpha value is -2.92. The highest BCUT2D eigenvalue weighted by Crippen LogP contribution is 2.29. The van der Waals surface area contributed by atoms with E-state index >= 15 is 0 Å². The number of phenolic OH excluding ortho intramolecular Hbond substituents is 1. The summed E-state index contributed by atoms with van der Waals surface area (Å²) in [7, 11) is 0. The molecule has 1 aliphatic rings. The highest BCUT2D eigenvalue weighted by molar-refractivity contribution is 5.72. The summed E-state index contributed by atoms with van der Waals surface area (Å²) in [6, 6.07) is 14.0. The van der Waals surface area contributed by atoms with Gasteiger partial charge in [0.15, 0.2) is 0 Å². The van der Waals surface area contributed by atoms with Crippen molar-refractivity contribution in [3.63, 3.8) is 0 Å². The van der Waals surface area contributed by atoms with E-state index in [4.69, 9.17) is 0 Å². The van der Waals surface area contributed by atoms with Crippen LogP contribution in [0, 0.1) is 19.8 Å². The van der Waals surface area contributed by atoms with Crippen molar-refractivity contribution < 1.29 is 5.11 Å². The molecular weight excluding hydrogens is 360 g/mol. The van der Waals surface area contributed by atoms with Crippen molar-refractivity contribution in [2.45, 2.75) is 26.7 Å². The van der Waals surface area contributed by atoms with Crippen LogP contribution in [-0.4, -0.2) is 34.7 Å². The van der Waals surface area contributed by atoms with Gasteiger partial charge in [-0.2, -0.15) is 0 Å². The van der Waals surface area contributed by atoms with Crippen molar-refractivity contribution >= 4 is 5.69 Å². The first kappa shape index (κ1) is 19.4. The molecule has 5 nitrogen and oxygen atoms in total. The number of piperidine rings is 1. The molecule has 0 bridgehead atoms. The number of aryl methyl sites for hydroxylation is 2. The van der Waals surface area contributed by atoms with E-state index in [9.17, 15) is 5.11 Å². The summed E-state index contributed by atoms with van der Waals surface area (Å²) in [4.78, 5) is 8.92. The summed E-state index contributed by atoms with van der Waals surface area (Å²) in [5.74, 6) is 1.04. The second-order valence-electron chi connectivity index (χ2n) is 7.89. The summed E-state index contributed by atoms with van der Waals surface area (Å²) in [6.45, 7) is 7.29. The third-order valence-corrected chi connectivity index (χ3v) is 5.72. The number of benzene rings is 2. The largest absolute Gasteiger partial charge is 0.508 e. The predicted molar refractivity (Wildman–Crippen MR) is 118 cm³/mol. The van der Waals surface area contributed by atoms with Gasteiger partial charge in [-0.3, -0.25) is 0 Å². The van der Waals surface area contributed by atoms with Gasteiger partial charge < -0.3 is 15.7 Å². The van der Waals surface area contributed by atoms with Crippen LogP contribution in [0.3, 0.4) is 0 Å². The lowest BCUT2D eigenvalue weighted by molar-refractivity contribution is 0.390. The summed E-state index contributed by atoms with van der Waals surface area (Å²) in [5, 5.41) is 16.8. The topological polar surface area (TPSA) is 70.1 Å². The predicted octanol–water partition coefficient (Wildman–Crippen LogP) is 4.54. The van der Waals surface area contributed by atoms with Crippen LogP contribution >= 0.6 is 0 Å². The summed E-state index contributed by atoms with van der Waals surface area (Å²) in [6.07, 6.45) is 4.09. The van der Waals surface area contributed by atoms with Crippen LogP contribution in [0.5, 0.6) is 5.75 Å². The van der Waals surface area contributed by atoms with E-state index in [2.05, 4.69) is 45.7 Å². The standard InChI is InChI=1S/C24H28N4O/c1-16-12-20(26-14-18-7-9-25-10-8-18)4-5-21(16)23-13-22(27-15-28-23)19-3-6-24(29)17(2)11-19/h3-6,11-13,15,18,25-26,29H,7-10,14H2,1-2H3. The van der Waals surface area contributed by atoms with Gasteiger partial charge in [0, 0.05) is 23.4 Å². The Labute approximate surface area is 172 Å². The fourth-order valence-electron chi connectivity index (χ4n) is 3.89. The lowest BCUT2D eigenvalue weighted by atomic mass is 9.98. The average molecular weight is 389 g/mol. The molecule has 5 heteroatoms. The zero-order chi connectivity index (χ0) is 20.2. The van der Waals surface area contributed by atoms with Gasteiger partial charge in [-0.1, -0.05) is 6.07 Å². The average Bonchev–Trinajstić information content (AvgIpc) is 2.75. The Kier molecular flexibility index (Phi) is 5.76. The number of phenols is 1. The number of aromatic nitrogens is 2. The van der Waals surface area contributed by atoms with Gasteiger partial charge in [-0.25, -0.2) is 9.97 Å². The highest BCUT2D eigenvalue weighted by atomic mass is 16.3. The molecule has 0 amide bonds. The Balaban J connectivity index is 1.52. The molecule has 0 atom stereocenters. The highest BCUT2D eigenvalue weighted by Gasteiger charge is 2.13. The second kappa shape index (κ2) is 8.62. The third kappa shape index (κ3) is 4.57. The van der Waals surface area contributed by atoms with Gasteiger partial charge in [0.1, 0.15) is 12.1 Å². The fraction of sp³-hybridized carbons (Fsp3) is 0.333.